The number of sulfone groups is 1. The molecule has 0 amide bonds. The minimum absolute atomic E-state index is 0.333. The van der Waals surface area contributed by atoms with Crippen LogP contribution in [0.15, 0.2) is 88.7 Å². The summed E-state index contributed by atoms with van der Waals surface area (Å²) in [4.78, 5) is 6.70. The molecular weight excluding hydrogens is 392 g/mol. The lowest BCUT2D eigenvalue weighted by Gasteiger charge is -2.19. The maximum atomic E-state index is 13.1. The Morgan fingerprint density at radius 1 is 0.800 bits per heavy atom. The van der Waals surface area contributed by atoms with Crippen molar-refractivity contribution >= 4 is 20.7 Å². The second-order valence-corrected chi connectivity index (χ2v) is 9.82. The van der Waals surface area contributed by atoms with Crippen LogP contribution in [0.5, 0.6) is 0 Å². The van der Waals surface area contributed by atoms with Gasteiger partial charge in [-0.15, -0.1) is 0 Å². The molecule has 0 saturated heterocycles. The monoisotopic (exact) mass is 416 g/mol. The Bertz CT molecular complexity index is 1280. The summed E-state index contributed by atoms with van der Waals surface area (Å²) >= 11 is 0. The molecule has 0 radical (unpaired) electrons. The number of hydrogen-bond donors (Lipinski definition) is 1. The molecule has 0 fully saturated rings. The van der Waals surface area contributed by atoms with Gasteiger partial charge in [0, 0.05) is 42.7 Å². The number of rotatable bonds is 4. The molecule has 0 atom stereocenters. The Balaban J connectivity index is 1.45. The lowest BCUT2D eigenvalue weighted by Crippen LogP contribution is -2.26. The summed E-state index contributed by atoms with van der Waals surface area (Å²) in [6.45, 7) is 2.89. The second-order valence-electron chi connectivity index (χ2n) is 7.87. The number of nitrogens with one attached hydrogen (secondary N) is 1. The average molecular weight is 417 g/mol. The maximum absolute atomic E-state index is 13.1. The van der Waals surface area contributed by atoms with Crippen LogP contribution in [0.4, 0.5) is 0 Å². The van der Waals surface area contributed by atoms with Crippen molar-refractivity contribution in [1.82, 2.24) is 9.88 Å². The molecule has 0 unspecified atom stereocenters. The van der Waals surface area contributed by atoms with E-state index in [0.717, 1.165) is 43.4 Å². The molecule has 4 nitrogen and oxygen atoms in total. The normalized spacial score (nSPS) is 15.1. The van der Waals surface area contributed by atoms with Crippen LogP contribution >= 0.6 is 0 Å². The number of fused-ring (bicyclic) bond motifs is 3. The van der Waals surface area contributed by atoms with Gasteiger partial charge in [-0.2, -0.15) is 0 Å². The number of aromatic nitrogens is 1. The minimum Gasteiger partial charge on any atom is -0.358 e. The summed E-state index contributed by atoms with van der Waals surface area (Å²) in [7, 11) is -3.52. The summed E-state index contributed by atoms with van der Waals surface area (Å²) in [6, 6.07) is 24.7. The van der Waals surface area contributed by atoms with Crippen molar-refractivity contribution in [3.8, 4) is 0 Å². The van der Waals surface area contributed by atoms with Gasteiger partial charge < -0.3 is 4.98 Å². The first-order valence-electron chi connectivity index (χ1n) is 10.3. The van der Waals surface area contributed by atoms with Gasteiger partial charge in [-0.1, -0.05) is 48.5 Å². The van der Waals surface area contributed by atoms with E-state index in [2.05, 4.69) is 34.1 Å². The predicted molar refractivity (Wildman–Crippen MR) is 119 cm³/mol. The van der Waals surface area contributed by atoms with Crippen LogP contribution in [0.3, 0.4) is 0 Å². The van der Waals surface area contributed by atoms with E-state index in [1.165, 1.54) is 16.8 Å². The molecule has 5 heteroatoms. The van der Waals surface area contributed by atoms with E-state index in [4.69, 9.17) is 0 Å². The molecule has 0 spiro atoms. The van der Waals surface area contributed by atoms with Crippen LogP contribution in [0, 0.1) is 0 Å². The summed E-state index contributed by atoms with van der Waals surface area (Å²) < 4.78 is 26.1. The fourth-order valence-corrected chi connectivity index (χ4v) is 5.64. The topological polar surface area (TPSA) is 53.2 Å². The van der Waals surface area contributed by atoms with Crippen molar-refractivity contribution in [3.05, 3.63) is 95.7 Å². The van der Waals surface area contributed by atoms with Crippen molar-refractivity contribution in [1.29, 1.82) is 0 Å². The van der Waals surface area contributed by atoms with Crippen molar-refractivity contribution in [2.75, 3.05) is 13.1 Å². The molecule has 30 heavy (non-hydrogen) atoms. The van der Waals surface area contributed by atoms with E-state index in [0.29, 0.717) is 9.79 Å². The SMILES string of the molecule is O=S(=O)(c1ccccc1)c1ccc2[nH]c3c(c2c1)CCN(Cc1ccccc1)CC3. The van der Waals surface area contributed by atoms with E-state index in [1.807, 2.05) is 24.3 Å². The number of benzene rings is 3. The van der Waals surface area contributed by atoms with E-state index in [-0.39, 0.29) is 0 Å². The molecule has 1 N–H and O–H groups in total. The first kappa shape index (κ1) is 19.1. The third kappa shape index (κ3) is 3.55. The third-order valence-corrected chi connectivity index (χ3v) is 7.70. The van der Waals surface area contributed by atoms with Crippen molar-refractivity contribution in [2.24, 2.45) is 0 Å². The molecular formula is C25H24N2O2S. The summed E-state index contributed by atoms with van der Waals surface area (Å²) in [5.74, 6) is 0. The fraction of sp³-hybridized carbons (Fsp3) is 0.200. The van der Waals surface area contributed by atoms with Gasteiger partial charge in [0.05, 0.1) is 9.79 Å². The minimum atomic E-state index is -3.52. The first-order chi connectivity index (χ1) is 14.6. The number of hydrogen-bond acceptors (Lipinski definition) is 3. The highest BCUT2D eigenvalue weighted by atomic mass is 32.2. The summed E-state index contributed by atoms with van der Waals surface area (Å²) in [5, 5.41) is 1.03. The lowest BCUT2D eigenvalue weighted by molar-refractivity contribution is 0.279. The van der Waals surface area contributed by atoms with Crippen LogP contribution in [-0.4, -0.2) is 31.4 Å². The Hall–Kier alpha value is -2.89. The standard InChI is InChI=1S/C25H24N2O2S/c28-30(29,20-9-5-2-6-10-20)21-11-12-24-23(17-21)22-13-15-27(16-14-25(22)26-24)18-19-7-3-1-4-8-19/h1-12,17,26H,13-16,18H2. The first-order valence-corrected chi connectivity index (χ1v) is 11.8. The van der Waals surface area contributed by atoms with Gasteiger partial charge in [0.15, 0.2) is 0 Å². The largest absolute Gasteiger partial charge is 0.358 e. The van der Waals surface area contributed by atoms with Crippen LogP contribution in [0.25, 0.3) is 10.9 Å². The molecule has 0 bridgehead atoms. The molecule has 0 saturated carbocycles. The van der Waals surface area contributed by atoms with E-state index >= 15 is 0 Å². The van der Waals surface area contributed by atoms with Crippen LogP contribution in [-0.2, 0) is 29.2 Å². The number of aromatic amines is 1. The summed E-state index contributed by atoms with van der Waals surface area (Å²) in [6.07, 6.45) is 1.86. The molecule has 1 aliphatic heterocycles. The van der Waals surface area contributed by atoms with Gasteiger partial charge in [-0.25, -0.2) is 8.42 Å². The molecule has 3 aromatic carbocycles. The van der Waals surface area contributed by atoms with Crippen LogP contribution in [0.1, 0.15) is 16.8 Å². The Morgan fingerprint density at radius 2 is 1.50 bits per heavy atom. The van der Waals surface area contributed by atoms with Crippen molar-refractivity contribution in [3.63, 3.8) is 0 Å². The molecule has 1 aromatic heterocycles. The fourth-order valence-electron chi connectivity index (χ4n) is 4.34. The zero-order chi connectivity index (χ0) is 20.6. The lowest BCUT2D eigenvalue weighted by atomic mass is 10.1. The quantitative estimate of drug-likeness (QED) is 0.529. The second kappa shape index (κ2) is 7.74. The van der Waals surface area contributed by atoms with Gasteiger partial charge >= 0.3 is 0 Å². The van der Waals surface area contributed by atoms with E-state index < -0.39 is 9.84 Å². The van der Waals surface area contributed by atoms with Crippen molar-refractivity contribution in [2.45, 2.75) is 29.2 Å². The van der Waals surface area contributed by atoms with Gasteiger partial charge in [0.25, 0.3) is 0 Å². The van der Waals surface area contributed by atoms with Gasteiger partial charge in [-0.05, 0) is 47.9 Å². The highest BCUT2D eigenvalue weighted by molar-refractivity contribution is 7.91. The molecule has 152 valence electrons. The Morgan fingerprint density at radius 3 is 2.27 bits per heavy atom. The van der Waals surface area contributed by atoms with E-state index in [1.54, 1.807) is 30.3 Å². The highest BCUT2D eigenvalue weighted by Gasteiger charge is 2.22. The highest BCUT2D eigenvalue weighted by Crippen LogP contribution is 2.30. The van der Waals surface area contributed by atoms with Gasteiger partial charge in [0.1, 0.15) is 0 Å². The molecule has 2 heterocycles. The van der Waals surface area contributed by atoms with Gasteiger partial charge in [-0.3, -0.25) is 4.90 Å². The molecule has 1 aliphatic rings. The average Bonchev–Trinajstić information content (AvgIpc) is 3.01. The number of H-pyrrole nitrogens is 1. The molecule has 5 rings (SSSR count). The van der Waals surface area contributed by atoms with Crippen LogP contribution < -0.4 is 0 Å². The maximum Gasteiger partial charge on any atom is 0.206 e. The van der Waals surface area contributed by atoms with E-state index in [9.17, 15) is 8.42 Å². The third-order valence-electron chi connectivity index (χ3n) is 5.93. The summed E-state index contributed by atoms with van der Waals surface area (Å²) in [5.41, 5.74) is 4.83. The zero-order valence-corrected chi connectivity index (χ0v) is 17.5. The van der Waals surface area contributed by atoms with Crippen LogP contribution in [0.2, 0.25) is 0 Å². The number of nitrogens with zero attached hydrogens (tertiary/aromatic N) is 1. The zero-order valence-electron chi connectivity index (χ0n) is 16.7. The smallest absolute Gasteiger partial charge is 0.206 e. The molecule has 4 aromatic rings. The molecule has 0 aliphatic carbocycles. The Labute approximate surface area is 177 Å². The predicted octanol–water partition coefficient (Wildman–Crippen LogP) is 4.60. The van der Waals surface area contributed by atoms with Crippen molar-refractivity contribution < 1.29 is 8.42 Å². The Kier molecular flexibility index (Phi) is 4.93. The van der Waals surface area contributed by atoms with Gasteiger partial charge in [0.2, 0.25) is 9.84 Å².